The van der Waals surface area contributed by atoms with Crippen molar-refractivity contribution in [3.05, 3.63) is 47.7 Å². The molecule has 132 valence electrons. The second kappa shape index (κ2) is 7.19. The summed E-state index contributed by atoms with van der Waals surface area (Å²) in [4.78, 5) is 10.8. The Balaban J connectivity index is 2.04. The Bertz CT molecular complexity index is 803. The smallest absolute Gasteiger partial charge is 0.416 e. The highest BCUT2D eigenvalue weighted by molar-refractivity contribution is 5.71. The van der Waals surface area contributed by atoms with Crippen LogP contribution in [-0.2, 0) is 6.18 Å². The number of furan rings is 1. The Hall–Kier alpha value is -3.12. The van der Waals surface area contributed by atoms with Crippen molar-refractivity contribution in [1.82, 2.24) is 5.06 Å². The Kier molecular flexibility index (Phi) is 5.24. The van der Waals surface area contributed by atoms with E-state index in [1.54, 1.807) is 0 Å². The van der Waals surface area contributed by atoms with Crippen LogP contribution < -0.4 is 10.5 Å². The first kappa shape index (κ1) is 18.2. The van der Waals surface area contributed by atoms with Crippen LogP contribution in [0.15, 0.2) is 40.8 Å². The molecule has 0 aliphatic rings. The van der Waals surface area contributed by atoms with Crippen molar-refractivity contribution in [3.8, 4) is 23.5 Å². The lowest BCUT2D eigenvalue weighted by molar-refractivity contribution is -0.137. The number of urea groups is 1. The van der Waals surface area contributed by atoms with E-state index in [4.69, 9.17) is 14.9 Å². The molecular weight excluding hydrogens is 341 g/mol. The first-order valence-corrected chi connectivity index (χ1v) is 6.91. The summed E-state index contributed by atoms with van der Waals surface area (Å²) in [6.07, 6.45) is -4.42. The summed E-state index contributed by atoms with van der Waals surface area (Å²) in [5.41, 5.74) is 4.10. The van der Waals surface area contributed by atoms with Gasteiger partial charge < -0.3 is 14.9 Å². The number of hydrogen-bond donors (Lipinski definition) is 2. The molecule has 6 nitrogen and oxygen atoms in total. The van der Waals surface area contributed by atoms with E-state index in [1.807, 2.05) is 0 Å². The van der Waals surface area contributed by atoms with Crippen molar-refractivity contribution in [2.45, 2.75) is 19.1 Å². The molecule has 0 aliphatic carbocycles. The average molecular weight is 354 g/mol. The topological polar surface area (TPSA) is 88.9 Å². The van der Waals surface area contributed by atoms with Crippen molar-refractivity contribution < 1.29 is 32.3 Å². The van der Waals surface area contributed by atoms with E-state index in [-0.39, 0.29) is 22.5 Å². The van der Waals surface area contributed by atoms with Crippen molar-refractivity contribution in [2.24, 2.45) is 5.73 Å². The fourth-order valence-electron chi connectivity index (χ4n) is 1.70. The van der Waals surface area contributed by atoms with Crippen LogP contribution in [0.1, 0.15) is 18.2 Å². The number of primary amides is 1. The van der Waals surface area contributed by atoms with Gasteiger partial charge in [-0.2, -0.15) is 18.2 Å². The number of amides is 2. The predicted molar refractivity (Wildman–Crippen MR) is 79.8 cm³/mol. The van der Waals surface area contributed by atoms with Gasteiger partial charge in [-0.1, -0.05) is 5.92 Å². The van der Waals surface area contributed by atoms with E-state index in [2.05, 4.69) is 11.8 Å². The molecule has 0 aliphatic heterocycles. The molecule has 25 heavy (non-hydrogen) atoms. The Morgan fingerprint density at radius 1 is 1.28 bits per heavy atom. The van der Waals surface area contributed by atoms with E-state index < -0.39 is 23.8 Å². The van der Waals surface area contributed by atoms with Gasteiger partial charge in [-0.15, -0.1) is 0 Å². The fourth-order valence-corrected chi connectivity index (χ4v) is 1.70. The Morgan fingerprint density at radius 3 is 2.48 bits per heavy atom. The van der Waals surface area contributed by atoms with E-state index >= 15 is 0 Å². The van der Waals surface area contributed by atoms with Crippen LogP contribution in [0.2, 0.25) is 0 Å². The molecule has 3 N–H and O–H groups in total. The molecule has 0 spiro atoms. The SMILES string of the molecule is CC(C#Cc1ccc(Oc2ccc(C(F)(F)F)cc2)o1)N(O)C(N)=O. The van der Waals surface area contributed by atoms with Gasteiger partial charge in [-0.3, -0.25) is 5.21 Å². The van der Waals surface area contributed by atoms with Crippen LogP contribution in [0.3, 0.4) is 0 Å². The third-order valence-electron chi connectivity index (χ3n) is 2.98. The summed E-state index contributed by atoms with van der Waals surface area (Å²) >= 11 is 0. The number of ether oxygens (including phenoxy) is 1. The summed E-state index contributed by atoms with van der Waals surface area (Å²) < 4.78 is 48.0. The first-order valence-electron chi connectivity index (χ1n) is 6.91. The molecule has 0 saturated heterocycles. The van der Waals surface area contributed by atoms with Gasteiger partial charge in [0.15, 0.2) is 5.76 Å². The fraction of sp³-hybridized carbons (Fsp3) is 0.188. The molecule has 1 aromatic carbocycles. The minimum Gasteiger partial charge on any atom is -0.426 e. The quantitative estimate of drug-likeness (QED) is 0.501. The van der Waals surface area contributed by atoms with Crippen LogP contribution in [0.25, 0.3) is 0 Å². The molecule has 1 unspecified atom stereocenters. The molecule has 2 aromatic rings. The molecule has 0 radical (unpaired) electrons. The molecule has 1 heterocycles. The van der Waals surface area contributed by atoms with Gasteiger partial charge in [-0.25, -0.2) is 4.79 Å². The van der Waals surface area contributed by atoms with Crippen molar-refractivity contribution in [3.63, 3.8) is 0 Å². The van der Waals surface area contributed by atoms with Gasteiger partial charge in [-0.05, 0) is 43.2 Å². The Morgan fingerprint density at radius 2 is 1.92 bits per heavy atom. The normalized spacial score (nSPS) is 12.0. The number of benzene rings is 1. The first-order chi connectivity index (χ1) is 11.7. The molecule has 0 saturated carbocycles. The van der Waals surface area contributed by atoms with E-state index in [1.165, 1.54) is 19.1 Å². The number of halogens is 3. The minimum atomic E-state index is -4.42. The lowest BCUT2D eigenvalue weighted by atomic mass is 10.2. The monoisotopic (exact) mass is 354 g/mol. The zero-order valence-corrected chi connectivity index (χ0v) is 12.9. The molecular formula is C16H13F3N2O4. The number of carbonyl (C=O) groups excluding carboxylic acids is 1. The molecule has 0 bridgehead atoms. The third kappa shape index (κ3) is 4.92. The van der Waals surface area contributed by atoms with Crippen LogP contribution in [0.4, 0.5) is 18.0 Å². The largest absolute Gasteiger partial charge is 0.426 e. The molecule has 2 amide bonds. The van der Waals surface area contributed by atoms with Gasteiger partial charge in [0.2, 0.25) is 0 Å². The zero-order chi connectivity index (χ0) is 18.6. The standard InChI is InChI=1S/C16H13F3N2O4/c1-10(21(23)15(20)22)2-5-12-8-9-14(24-12)25-13-6-3-11(4-7-13)16(17,18)19/h3-4,6-10,23H,1H3,(H2,20,22). The zero-order valence-electron chi connectivity index (χ0n) is 12.9. The van der Waals surface area contributed by atoms with Gasteiger partial charge in [0, 0.05) is 6.07 Å². The van der Waals surface area contributed by atoms with Gasteiger partial charge in [0.1, 0.15) is 11.8 Å². The highest BCUT2D eigenvalue weighted by atomic mass is 19.4. The maximum atomic E-state index is 12.5. The number of hydroxylamine groups is 2. The van der Waals surface area contributed by atoms with Gasteiger partial charge in [0.25, 0.3) is 5.95 Å². The maximum absolute atomic E-state index is 12.5. The summed E-state index contributed by atoms with van der Waals surface area (Å²) in [5.74, 6) is 5.44. The highest BCUT2D eigenvalue weighted by Crippen LogP contribution is 2.31. The minimum absolute atomic E-state index is 0.0208. The molecule has 9 heteroatoms. The van der Waals surface area contributed by atoms with Crippen molar-refractivity contribution in [2.75, 3.05) is 0 Å². The van der Waals surface area contributed by atoms with Crippen LogP contribution in [0.5, 0.6) is 11.7 Å². The number of hydrogen-bond acceptors (Lipinski definition) is 4. The van der Waals surface area contributed by atoms with Crippen LogP contribution >= 0.6 is 0 Å². The number of carbonyl (C=O) groups is 1. The molecule has 0 fully saturated rings. The molecule has 1 aromatic heterocycles. The predicted octanol–water partition coefficient (Wildman–Crippen LogP) is 3.60. The molecule has 1 atom stereocenters. The lowest BCUT2D eigenvalue weighted by Crippen LogP contribution is -2.38. The second-order valence-corrected chi connectivity index (χ2v) is 4.87. The van der Waals surface area contributed by atoms with Crippen LogP contribution in [-0.4, -0.2) is 22.3 Å². The van der Waals surface area contributed by atoms with Gasteiger partial charge in [0.05, 0.1) is 5.56 Å². The maximum Gasteiger partial charge on any atom is 0.416 e. The summed E-state index contributed by atoms with van der Waals surface area (Å²) in [6.45, 7) is 1.44. The Labute approximate surface area is 140 Å². The van der Waals surface area contributed by atoms with Crippen molar-refractivity contribution in [1.29, 1.82) is 0 Å². The van der Waals surface area contributed by atoms with E-state index in [9.17, 15) is 23.2 Å². The summed E-state index contributed by atoms with van der Waals surface area (Å²) in [7, 11) is 0. The van der Waals surface area contributed by atoms with E-state index in [0.29, 0.717) is 0 Å². The summed E-state index contributed by atoms with van der Waals surface area (Å²) in [6, 6.07) is 5.09. The number of nitrogens with two attached hydrogens (primary N) is 1. The number of rotatable bonds is 3. The van der Waals surface area contributed by atoms with Crippen LogP contribution in [0, 0.1) is 11.8 Å². The lowest BCUT2D eigenvalue weighted by Gasteiger charge is -2.14. The number of alkyl halides is 3. The summed E-state index contributed by atoms with van der Waals surface area (Å²) in [5, 5.41) is 9.53. The molecule has 2 rings (SSSR count). The number of nitrogens with zero attached hydrogens (tertiary/aromatic N) is 1. The van der Waals surface area contributed by atoms with E-state index in [0.717, 1.165) is 24.3 Å². The van der Waals surface area contributed by atoms with Crippen molar-refractivity contribution >= 4 is 6.03 Å². The van der Waals surface area contributed by atoms with Gasteiger partial charge >= 0.3 is 12.2 Å². The highest BCUT2D eigenvalue weighted by Gasteiger charge is 2.30. The third-order valence-corrected chi connectivity index (χ3v) is 2.98. The second-order valence-electron chi connectivity index (χ2n) is 4.87. The average Bonchev–Trinajstić information content (AvgIpc) is 2.99.